The van der Waals surface area contributed by atoms with E-state index in [1.807, 2.05) is 19.0 Å². The minimum atomic E-state index is -0.972. The number of aromatic nitrogens is 1. The second-order valence-corrected chi connectivity index (χ2v) is 5.61. The van der Waals surface area contributed by atoms with Crippen LogP contribution in [0.5, 0.6) is 0 Å². The van der Waals surface area contributed by atoms with Crippen LogP contribution < -0.4 is 4.90 Å². The van der Waals surface area contributed by atoms with Gasteiger partial charge in [-0.2, -0.15) is 0 Å². The molecule has 2 unspecified atom stereocenters. The highest BCUT2D eigenvalue weighted by atomic mass is 35.5. The summed E-state index contributed by atoms with van der Waals surface area (Å²) >= 11 is 5.89. The van der Waals surface area contributed by atoms with E-state index < -0.39 is 5.97 Å². The van der Waals surface area contributed by atoms with E-state index in [-0.39, 0.29) is 5.56 Å². The molecule has 2 rings (SSSR count). The Morgan fingerprint density at radius 2 is 2.16 bits per heavy atom. The van der Waals surface area contributed by atoms with Gasteiger partial charge in [0.05, 0.1) is 0 Å². The number of carbonyl (C=O) groups is 1. The molecule has 0 radical (unpaired) electrons. The first-order chi connectivity index (χ1) is 8.90. The summed E-state index contributed by atoms with van der Waals surface area (Å²) in [6, 6.07) is 3.42. The second kappa shape index (κ2) is 5.35. The zero-order valence-electron chi connectivity index (χ0n) is 11.3. The second-order valence-electron chi connectivity index (χ2n) is 5.22. The Hall–Kier alpha value is -1.33. The van der Waals surface area contributed by atoms with Gasteiger partial charge in [-0.3, -0.25) is 0 Å². The number of likely N-dealkylation sites (N-methyl/N-ethyl adjacent to an activating group) is 1. The van der Waals surface area contributed by atoms with E-state index in [0.29, 0.717) is 22.9 Å². The SMILES string of the molecule is CC1CN(c2nc(Cl)ccc2C(=O)O)CC1N(C)C. The molecule has 6 heteroatoms. The molecule has 0 bridgehead atoms. The average molecular weight is 284 g/mol. The topological polar surface area (TPSA) is 56.7 Å². The highest BCUT2D eigenvalue weighted by Gasteiger charge is 2.33. The molecular weight excluding hydrogens is 266 g/mol. The van der Waals surface area contributed by atoms with E-state index in [9.17, 15) is 9.90 Å². The number of halogens is 1. The number of aromatic carboxylic acids is 1. The van der Waals surface area contributed by atoms with Crippen molar-refractivity contribution in [2.45, 2.75) is 13.0 Å². The van der Waals surface area contributed by atoms with E-state index in [2.05, 4.69) is 16.8 Å². The molecule has 1 N–H and O–H groups in total. The van der Waals surface area contributed by atoms with Crippen molar-refractivity contribution in [1.29, 1.82) is 0 Å². The molecular formula is C13H18ClN3O2. The van der Waals surface area contributed by atoms with Gasteiger partial charge < -0.3 is 14.9 Å². The van der Waals surface area contributed by atoms with Crippen LogP contribution in [-0.2, 0) is 0 Å². The van der Waals surface area contributed by atoms with Crippen LogP contribution in [0, 0.1) is 5.92 Å². The van der Waals surface area contributed by atoms with Crippen molar-refractivity contribution in [3.63, 3.8) is 0 Å². The van der Waals surface area contributed by atoms with Gasteiger partial charge in [0.1, 0.15) is 16.5 Å². The summed E-state index contributed by atoms with van der Waals surface area (Å²) in [4.78, 5) is 19.6. The third kappa shape index (κ3) is 2.82. The van der Waals surface area contributed by atoms with Crippen LogP contribution >= 0.6 is 11.6 Å². The minimum absolute atomic E-state index is 0.205. The number of rotatable bonds is 3. The van der Waals surface area contributed by atoms with Crippen LogP contribution in [0.3, 0.4) is 0 Å². The fraction of sp³-hybridized carbons (Fsp3) is 0.538. The van der Waals surface area contributed by atoms with Gasteiger partial charge in [-0.15, -0.1) is 0 Å². The van der Waals surface area contributed by atoms with Crippen LogP contribution in [0.4, 0.5) is 5.82 Å². The van der Waals surface area contributed by atoms with Crippen LogP contribution in [0.25, 0.3) is 0 Å². The number of carboxylic acids is 1. The third-order valence-electron chi connectivity index (χ3n) is 3.61. The number of carboxylic acid groups (broad SMARTS) is 1. The molecule has 1 saturated heterocycles. The lowest BCUT2D eigenvalue weighted by molar-refractivity contribution is 0.0697. The van der Waals surface area contributed by atoms with Crippen molar-refractivity contribution in [3.8, 4) is 0 Å². The van der Waals surface area contributed by atoms with Crippen LogP contribution in [-0.4, -0.2) is 54.2 Å². The lowest BCUT2D eigenvalue weighted by Gasteiger charge is -2.23. The molecule has 0 aromatic carbocycles. The summed E-state index contributed by atoms with van der Waals surface area (Å²) in [7, 11) is 4.07. The zero-order valence-corrected chi connectivity index (χ0v) is 12.1. The first kappa shape index (κ1) is 14.1. The maximum Gasteiger partial charge on any atom is 0.339 e. The highest BCUT2D eigenvalue weighted by Crippen LogP contribution is 2.28. The molecule has 2 heterocycles. The standard InChI is InChI=1S/C13H18ClN3O2/c1-8-6-17(7-10(8)16(2)3)12-9(13(18)19)4-5-11(14)15-12/h4-5,8,10H,6-7H2,1-3H3,(H,18,19). The van der Waals surface area contributed by atoms with Gasteiger partial charge in [-0.05, 0) is 32.1 Å². The summed E-state index contributed by atoms with van der Waals surface area (Å²) < 4.78 is 0. The molecule has 19 heavy (non-hydrogen) atoms. The zero-order chi connectivity index (χ0) is 14.2. The first-order valence-electron chi connectivity index (χ1n) is 6.21. The van der Waals surface area contributed by atoms with Crippen molar-refractivity contribution >= 4 is 23.4 Å². The van der Waals surface area contributed by atoms with E-state index in [1.165, 1.54) is 12.1 Å². The van der Waals surface area contributed by atoms with Crippen molar-refractivity contribution < 1.29 is 9.90 Å². The Morgan fingerprint density at radius 1 is 1.47 bits per heavy atom. The van der Waals surface area contributed by atoms with Gasteiger partial charge in [0.25, 0.3) is 0 Å². The number of hydrogen-bond donors (Lipinski definition) is 1. The molecule has 2 atom stereocenters. The number of anilines is 1. The van der Waals surface area contributed by atoms with Crippen molar-refractivity contribution in [3.05, 3.63) is 22.8 Å². The Labute approximate surface area is 117 Å². The maximum atomic E-state index is 11.3. The Balaban J connectivity index is 2.33. The number of hydrogen-bond acceptors (Lipinski definition) is 4. The number of pyridine rings is 1. The van der Waals surface area contributed by atoms with Crippen LogP contribution in [0.2, 0.25) is 5.15 Å². The fourth-order valence-electron chi connectivity index (χ4n) is 2.63. The van der Waals surface area contributed by atoms with E-state index >= 15 is 0 Å². The lowest BCUT2D eigenvalue weighted by Crippen LogP contribution is -2.34. The van der Waals surface area contributed by atoms with Gasteiger partial charge in [0, 0.05) is 19.1 Å². The van der Waals surface area contributed by atoms with Gasteiger partial charge in [-0.25, -0.2) is 9.78 Å². The van der Waals surface area contributed by atoms with Gasteiger partial charge in [-0.1, -0.05) is 18.5 Å². The van der Waals surface area contributed by atoms with Crippen molar-refractivity contribution in [2.75, 3.05) is 32.1 Å². The summed E-state index contributed by atoms with van der Waals surface area (Å²) in [6.07, 6.45) is 0. The largest absolute Gasteiger partial charge is 0.478 e. The van der Waals surface area contributed by atoms with Crippen LogP contribution in [0.1, 0.15) is 17.3 Å². The normalized spacial score (nSPS) is 23.1. The quantitative estimate of drug-likeness (QED) is 0.858. The maximum absolute atomic E-state index is 11.3. The molecule has 104 valence electrons. The van der Waals surface area contributed by atoms with Crippen molar-refractivity contribution in [2.24, 2.45) is 5.92 Å². The molecule has 0 aliphatic carbocycles. The Morgan fingerprint density at radius 3 is 2.68 bits per heavy atom. The fourth-order valence-corrected chi connectivity index (χ4v) is 2.77. The monoisotopic (exact) mass is 283 g/mol. The molecule has 0 saturated carbocycles. The average Bonchev–Trinajstić information content (AvgIpc) is 2.70. The molecule has 1 aliphatic heterocycles. The lowest BCUT2D eigenvalue weighted by atomic mass is 10.1. The minimum Gasteiger partial charge on any atom is -0.478 e. The third-order valence-corrected chi connectivity index (χ3v) is 3.82. The van der Waals surface area contributed by atoms with Crippen molar-refractivity contribution in [1.82, 2.24) is 9.88 Å². The van der Waals surface area contributed by atoms with E-state index in [4.69, 9.17) is 11.6 Å². The Bertz CT molecular complexity index is 493. The van der Waals surface area contributed by atoms with Crippen LogP contribution in [0.15, 0.2) is 12.1 Å². The molecule has 0 amide bonds. The molecule has 0 spiro atoms. The highest BCUT2D eigenvalue weighted by molar-refractivity contribution is 6.29. The smallest absolute Gasteiger partial charge is 0.339 e. The van der Waals surface area contributed by atoms with E-state index in [0.717, 1.165) is 13.1 Å². The predicted octanol–water partition coefficient (Wildman–Crippen LogP) is 1.82. The molecule has 1 fully saturated rings. The number of nitrogens with zero attached hydrogens (tertiary/aromatic N) is 3. The summed E-state index contributed by atoms with van der Waals surface area (Å²) in [6.45, 7) is 3.72. The molecule has 5 nitrogen and oxygen atoms in total. The molecule has 1 aromatic rings. The molecule has 1 aliphatic rings. The van der Waals surface area contributed by atoms with Gasteiger partial charge in [0.2, 0.25) is 0 Å². The first-order valence-corrected chi connectivity index (χ1v) is 6.59. The Kier molecular flexibility index (Phi) is 3.96. The predicted molar refractivity (Wildman–Crippen MR) is 75.1 cm³/mol. The van der Waals surface area contributed by atoms with Gasteiger partial charge >= 0.3 is 5.97 Å². The summed E-state index contributed by atoms with van der Waals surface area (Å²) in [5.41, 5.74) is 0.205. The summed E-state index contributed by atoms with van der Waals surface area (Å²) in [5, 5.41) is 9.56. The van der Waals surface area contributed by atoms with E-state index in [1.54, 1.807) is 0 Å². The summed E-state index contributed by atoms with van der Waals surface area (Å²) in [5.74, 6) is -0.0475. The van der Waals surface area contributed by atoms with Gasteiger partial charge in [0.15, 0.2) is 0 Å². The molecule has 1 aromatic heterocycles.